The smallest absolute Gasteiger partial charge is 0.249 e. The highest BCUT2D eigenvalue weighted by Gasteiger charge is 2.25. The molecular weight excluding hydrogens is 522 g/mol. The van der Waals surface area contributed by atoms with E-state index in [0.717, 1.165) is 32.1 Å². The van der Waals surface area contributed by atoms with Crippen LogP contribution in [0, 0.1) is 12.8 Å². The number of guanidine groups is 1. The van der Waals surface area contributed by atoms with Crippen molar-refractivity contribution in [1.82, 2.24) is 5.32 Å². The van der Waals surface area contributed by atoms with Crippen molar-refractivity contribution in [2.24, 2.45) is 21.8 Å². The molecule has 212 valence electrons. The van der Waals surface area contributed by atoms with E-state index in [1.165, 1.54) is 26.4 Å². The van der Waals surface area contributed by atoms with Crippen molar-refractivity contribution in [2.75, 3.05) is 19.5 Å². The van der Waals surface area contributed by atoms with Crippen molar-refractivity contribution in [1.29, 1.82) is 0 Å². The van der Waals surface area contributed by atoms with E-state index in [9.17, 15) is 18.0 Å². The van der Waals surface area contributed by atoms with Gasteiger partial charge in [-0.2, -0.15) is 0 Å². The molecule has 1 aliphatic rings. The molecule has 2 aromatic rings. The zero-order valence-corrected chi connectivity index (χ0v) is 23.3. The van der Waals surface area contributed by atoms with Crippen LogP contribution < -0.4 is 31.0 Å². The van der Waals surface area contributed by atoms with Gasteiger partial charge in [-0.1, -0.05) is 44.2 Å². The summed E-state index contributed by atoms with van der Waals surface area (Å²) in [6.07, 6.45) is 5.73. The molecular formula is C27H37N5O6S. The minimum absolute atomic E-state index is 0.00954. The number of carbonyl (C=O) groups is 2. The maximum atomic E-state index is 13.3. The Labute approximate surface area is 229 Å². The van der Waals surface area contributed by atoms with E-state index in [1.54, 1.807) is 31.2 Å². The lowest BCUT2D eigenvalue weighted by Crippen LogP contribution is -2.40. The number of hydrogen-bond acceptors (Lipinski definition) is 7. The fourth-order valence-electron chi connectivity index (χ4n) is 4.65. The van der Waals surface area contributed by atoms with Gasteiger partial charge in [-0.25, -0.2) is 18.5 Å². The molecule has 2 aromatic carbocycles. The van der Waals surface area contributed by atoms with Gasteiger partial charge < -0.3 is 20.5 Å². The monoisotopic (exact) mass is 559 g/mol. The van der Waals surface area contributed by atoms with Crippen LogP contribution in [0.4, 0.5) is 5.69 Å². The molecule has 2 amide bonds. The first-order valence-corrected chi connectivity index (χ1v) is 14.3. The highest BCUT2D eigenvalue weighted by Crippen LogP contribution is 2.29. The second-order valence-electron chi connectivity index (χ2n) is 9.70. The molecule has 1 aliphatic carbocycles. The first-order valence-electron chi connectivity index (χ1n) is 12.8. The average Bonchev–Trinajstić information content (AvgIpc) is 2.89. The molecule has 11 nitrogen and oxygen atoms in total. The van der Waals surface area contributed by atoms with Gasteiger partial charge in [-0.05, 0) is 54.7 Å². The van der Waals surface area contributed by atoms with Gasteiger partial charge in [0.1, 0.15) is 6.04 Å². The van der Waals surface area contributed by atoms with E-state index < -0.39 is 27.9 Å². The third-order valence-electron chi connectivity index (χ3n) is 6.75. The maximum absolute atomic E-state index is 13.3. The standard InChI is InChI=1S/C27H37N5O6S/c1-17-9-11-20(39(29,35)36)16-21(17)30-26(34)22(13-18-7-5-4-6-8-18)31-27(28)32-25(33)15-19-10-12-23(37-2)24(14-19)38-3/h9-12,14,16,18,22H,4-8,13,15H2,1-3H3,(H,30,34)(H2,29,35,36)(H3,28,31,32,33)/t22-/m1/s1. The molecule has 12 heteroatoms. The molecule has 6 N–H and O–H groups in total. The van der Waals surface area contributed by atoms with E-state index in [-0.39, 0.29) is 23.2 Å². The van der Waals surface area contributed by atoms with Gasteiger partial charge in [0.05, 0.1) is 25.5 Å². The van der Waals surface area contributed by atoms with Crippen LogP contribution in [0.2, 0.25) is 0 Å². The third-order valence-corrected chi connectivity index (χ3v) is 7.67. The second kappa shape index (κ2) is 13.4. The van der Waals surface area contributed by atoms with Crippen molar-refractivity contribution >= 4 is 33.5 Å². The highest BCUT2D eigenvalue weighted by molar-refractivity contribution is 7.89. The Kier molecular flexibility index (Phi) is 10.3. The number of nitrogens with two attached hydrogens (primary N) is 2. The number of primary sulfonamides is 1. The lowest BCUT2D eigenvalue weighted by molar-refractivity contribution is -0.119. The first-order chi connectivity index (χ1) is 18.5. The summed E-state index contributed by atoms with van der Waals surface area (Å²) < 4.78 is 34.1. The van der Waals surface area contributed by atoms with Crippen LogP contribution in [0.1, 0.15) is 49.7 Å². The SMILES string of the molecule is COc1ccc(CC(=O)NC(N)=N[C@H](CC2CCCCC2)C(=O)Nc2cc(S(N)(=O)=O)ccc2C)cc1OC. The number of amides is 2. The van der Waals surface area contributed by atoms with E-state index >= 15 is 0 Å². The highest BCUT2D eigenvalue weighted by atomic mass is 32.2. The van der Waals surface area contributed by atoms with Crippen molar-refractivity contribution in [2.45, 2.75) is 62.8 Å². The fourth-order valence-corrected chi connectivity index (χ4v) is 5.19. The summed E-state index contributed by atoms with van der Waals surface area (Å²) in [5, 5.41) is 10.6. The van der Waals surface area contributed by atoms with E-state index in [1.807, 2.05) is 0 Å². The van der Waals surface area contributed by atoms with Crippen molar-refractivity contribution in [3.05, 3.63) is 47.5 Å². The van der Waals surface area contributed by atoms with Crippen molar-refractivity contribution in [3.8, 4) is 11.5 Å². The Morgan fingerprint density at radius 1 is 1.05 bits per heavy atom. The van der Waals surface area contributed by atoms with Gasteiger partial charge in [0, 0.05) is 5.69 Å². The predicted molar refractivity (Wildman–Crippen MR) is 149 cm³/mol. The number of nitrogens with zero attached hydrogens (tertiary/aromatic N) is 1. The van der Waals surface area contributed by atoms with E-state index in [4.69, 9.17) is 20.3 Å². The molecule has 39 heavy (non-hydrogen) atoms. The summed E-state index contributed by atoms with van der Waals surface area (Å²) >= 11 is 0. The largest absolute Gasteiger partial charge is 0.493 e. The fraction of sp³-hybridized carbons (Fsp3) is 0.444. The van der Waals surface area contributed by atoms with Crippen LogP contribution in [-0.4, -0.2) is 46.5 Å². The zero-order chi connectivity index (χ0) is 28.6. The molecule has 0 bridgehead atoms. The Hall–Kier alpha value is -3.64. The summed E-state index contributed by atoms with van der Waals surface area (Å²) in [5.41, 5.74) is 7.73. The predicted octanol–water partition coefficient (Wildman–Crippen LogP) is 2.61. The van der Waals surface area contributed by atoms with Crippen LogP contribution in [-0.2, 0) is 26.0 Å². The van der Waals surface area contributed by atoms with Gasteiger partial charge in [-0.15, -0.1) is 0 Å². The molecule has 1 fully saturated rings. The Balaban J connectivity index is 1.77. The topological polar surface area (TPSA) is 175 Å². The molecule has 0 radical (unpaired) electrons. The molecule has 0 spiro atoms. The number of ether oxygens (including phenoxy) is 2. The maximum Gasteiger partial charge on any atom is 0.249 e. The number of hydrogen-bond donors (Lipinski definition) is 4. The summed E-state index contributed by atoms with van der Waals surface area (Å²) in [6.45, 7) is 1.74. The Morgan fingerprint density at radius 3 is 2.38 bits per heavy atom. The third kappa shape index (κ3) is 8.69. The number of sulfonamides is 1. The number of methoxy groups -OCH3 is 2. The van der Waals surface area contributed by atoms with Gasteiger partial charge >= 0.3 is 0 Å². The number of rotatable bonds is 10. The Bertz CT molecular complexity index is 1320. The van der Waals surface area contributed by atoms with Crippen LogP contribution in [0.15, 0.2) is 46.3 Å². The van der Waals surface area contributed by atoms with Crippen molar-refractivity contribution in [3.63, 3.8) is 0 Å². The van der Waals surface area contributed by atoms with Crippen LogP contribution >= 0.6 is 0 Å². The number of benzene rings is 2. The van der Waals surface area contributed by atoms with Crippen molar-refractivity contribution < 1.29 is 27.5 Å². The quantitative estimate of drug-likeness (QED) is 0.255. The first kappa shape index (κ1) is 29.9. The second-order valence-corrected chi connectivity index (χ2v) is 11.3. The zero-order valence-electron chi connectivity index (χ0n) is 22.5. The lowest BCUT2D eigenvalue weighted by Gasteiger charge is -2.24. The minimum Gasteiger partial charge on any atom is -0.493 e. The molecule has 0 saturated heterocycles. The lowest BCUT2D eigenvalue weighted by atomic mass is 9.84. The molecule has 1 atom stereocenters. The van der Waals surface area contributed by atoms with E-state index in [2.05, 4.69) is 15.6 Å². The summed E-state index contributed by atoms with van der Waals surface area (Å²) in [7, 11) is -0.911. The number of carbonyl (C=O) groups excluding carboxylic acids is 2. The number of nitrogens with one attached hydrogen (secondary N) is 2. The molecule has 0 heterocycles. The summed E-state index contributed by atoms with van der Waals surface area (Å²) in [5.74, 6) is 0.292. The molecule has 0 aromatic heterocycles. The molecule has 1 saturated carbocycles. The van der Waals surface area contributed by atoms with E-state index in [0.29, 0.717) is 34.7 Å². The van der Waals surface area contributed by atoms with Crippen LogP contribution in [0.25, 0.3) is 0 Å². The van der Waals surface area contributed by atoms with Gasteiger partial charge in [-0.3, -0.25) is 14.9 Å². The Morgan fingerprint density at radius 2 is 1.74 bits per heavy atom. The van der Waals surface area contributed by atoms with Gasteiger partial charge in [0.15, 0.2) is 17.5 Å². The van der Waals surface area contributed by atoms with Gasteiger partial charge in [0.25, 0.3) is 0 Å². The minimum atomic E-state index is -3.95. The van der Waals surface area contributed by atoms with Crippen LogP contribution in [0.5, 0.6) is 11.5 Å². The average molecular weight is 560 g/mol. The summed E-state index contributed by atoms with van der Waals surface area (Å²) in [6, 6.07) is 8.52. The molecule has 0 aliphatic heterocycles. The van der Waals surface area contributed by atoms with Crippen LogP contribution in [0.3, 0.4) is 0 Å². The normalized spacial score (nSPS) is 15.3. The number of aryl methyl sites for hydroxylation is 1. The summed E-state index contributed by atoms with van der Waals surface area (Å²) in [4.78, 5) is 30.3. The molecule has 3 rings (SSSR count). The number of anilines is 1. The molecule has 0 unspecified atom stereocenters. The number of aliphatic imine (C=N–C) groups is 1. The van der Waals surface area contributed by atoms with Gasteiger partial charge in [0.2, 0.25) is 21.8 Å².